The molecule has 172 valence electrons. The van der Waals surface area contributed by atoms with E-state index in [1.54, 1.807) is 22.6 Å². The predicted octanol–water partition coefficient (Wildman–Crippen LogP) is 4.53. The summed E-state index contributed by atoms with van der Waals surface area (Å²) in [4.78, 5) is 19.6. The number of ether oxygens (including phenoxy) is 1. The lowest BCUT2D eigenvalue weighted by molar-refractivity contribution is -0.0498. The number of para-hydroxylation sites is 1. The summed E-state index contributed by atoms with van der Waals surface area (Å²) in [6, 6.07) is 9.76. The highest BCUT2D eigenvalue weighted by Crippen LogP contribution is 2.40. The molecule has 1 aliphatic rings. The number of halogens is 2. The number of alkyl halides is 2. The van der Waals surface area contributed by atoms with Gasteiger partial charge in [-0.2, -0.15) is 8.78 Å². The van der Waals surface area contributed by atoms with E-state index in [1.165, 1.54) is 12.1 Å². The second kappa shape index (κ2) is 9.20. The Morgan fingerprint density at radius 3 is 2.76 bits per heavy atom. The zero-order chi connectivity index (χ0) is 23.7. The van der Waals surface area contributed by atoms with Crippen LogP contribution < -0.4 is 4.74 Å². The number of nitrogens with zero attached hydrogens (tertiary/aromatic N) is 3. The number of hydrogen-bond donors (Lipinski definition) is 1. The van der Waals surface area contributed by atoms with Crippen LogP contribution in [-0.2, 0) is 0 Å². The van der Waals surface area contributed by atoms with Gasteiger partial charge in [-0.3, -0.25) is 9.36 Å². The Bertz CT molecular complexity index is 1260. The molecule has 2 atom stereocenters. The molecule has 4 rings (SSSR count). The molecule has 0 saturated heterocycles. The van der Waals surface area contributed by atoms with Gasteiger partial charge in [0.15, 0.2) is 5.75 Å². The second-order valence-electron chi connectivity index (χ2n) is 8.06. The monoisotopic (exact) mass is 453 g/mol. The Morgan fingerprint density at radius 1 is 1.27 bits per heavy atom. The highest BCUT2D eigenvalue weighted by Gasteiger charge is 2.35. The topological polar surface area (TPSA) is 67.6 Å². The van der Waals surface area contributed by atoms with Crippen molar-refractivity contribution in [3.05, 3.63) is 53.3 Å². The lowest BCUT2D eigenvalue weighted by atomic mass is 10.1. The van der Waals surface area contributed by atoms with Gasteiger partial charge in [0.2, 0.25) is 0 Å². The molecule has 0 spiro atoms. The zero-order valence-electron chi connectivity index (χ0n) is 18.7. The summed E-state index contributed by atoms with van der Waals surface area (Å²) in [5, 5.41) is 9.10. The molecule has 0 radical (unpaired) electrons. The van der Waals surface area contributed by atoms with Crippen LogP contribution in [0, 0.1) is 17.8 Å². The fraction of sp³-hybridized carbons (Fsp3) is 0.360. The van der Waals surface area contributed by atoms with Crippen LogP contribution in [0.4, 0.5) is 8.78 Å². The van der Waals surface area contributed by atoms with Crippen molar-refractivity contribution < 1.29 is 23.4 Å². The summed E-state index contributed by atoms with van der Waals surface area (Å²) >= 11 is 0. The Morgan fingerprint density at radius 2 is 2.06 bits per heavy atom. The molecule has 2 aromatic carbocycles. The Balaban J connectivity index is 2.00. The highest BCUT2D eigenvalue weighted by atomic mass is 19.3. The fourth-order valence-electron chi connectivity index (χ4n) is 4.18. The first-order valence-electron chi connectivity index (χ1n) is 10.9. The van der Waals surface area contributed by atoms with Crippen molar-refractivity contribution in [3.63, 3.8) is 0 Å². The van der Waals surface area contributed by atoms with Crippen LogP contribution in [0.5, 0.6) is 5.75 Å². The molecule has 0 saturated carbocycles. The van der Waals surface area contributed by atoms with Gasteiger partial charge < -0.3 is 14.7 Å². The van der Waals surface area contributed by atoms with Crippen molar-refractivity contribution in [1.29, 1.82) is 0 Å². The molecule has 1 N–H and O–H groups in total. The molecular weight excluding hydrogens is 428 g/mol. The van der Waals surface area contributed by atoms with Crippen LogP contribution in [0.25, 0.3) is 16.7 Å². The van der Waals surface area contributed by atoms with Gasteiger partial charge >= 0.3 is 6.61 Å². The third kappa shape index (κ3) is 4.16. The molecule has 1 amide bonds. The van der Waals surface area contributed by atoms with E-state index >= 15 is 0 Å². The van der Waals surface area contributed by atoms with E-state index in [9.17, 15) is 13.6 Å². The van der Waals surface area contributed by atoms with Gasteiger partial charge in [0, 0.05) is 25.1 Å². The summed E-state index contributed by atoms with van der Waals surface area (Å²) in [6.07, 6.45) is 1.17. The Hall–Kier alpha value is -3.44. The summed E-state index contributed by atoms with van der Waals surface area (Å²) < 4.78 is 33.1. The first-order valence-corrected chi connectivity index (χ1v) is 10.9. The average Bonchev–Trinajstić information content (AvgIpc) is 3.11. The van der Waals surface area contributed by atoms with Crippen LogP contribution in [0.15, 0.2) is 36.4 Å². The van der Waals surface area contributed by atoms with Crippen LogP contribution >= 0.6 is 0 Å². The number of aromatic nitrogens is 2. The zero-order valence-corrected chi connectivity index (χ0v) is 18.7. The minimum Gasteiger partial charge on any atom is -0.433 e. The number of aliphatic hydroxyl groups excluding tert-OH is 1. The second-order valence-corrected chi connectivity index (χ2v) is 8.06. The van der Waals surface area contributed by atoms with Gasteiger partial charge in [0.05, 0.1) is 22.6 Å². The van der Waals surface area contributed by atoms with Crippen LogP contribution in [-0.4, -0.2) is 45.7 Å². The SMILES string of the molecule is CCC1c2nc3ccc(C#CC(C)CCO)cc3n2-c2c(OC(F)F)cccc2C(=O)N1C. The fourth-order valence-corrected chi connectivity index (χ4v) is 4.18. The number of carbonyl (C=O) groups excluding carboxylic acids is 1. The van der Waals surface area contributed by atoms with Crippen molar-refractivity contribution in [2.45, 2.75) is 39.3 Å². The van der Waals surface area contributed by atoms with E-state index in [2.05, 4.69) is 11.8 Å². The van der Waals surface area contributed by atoms with Crippen molar-refractivity contribution in [1.82, 2.24) is 14.5 Å². The first kappa shape index (κ1) is 22.7. The number of fused-ring (bicyclic) bond motifs is 5. The molecule has 2 heterocycles. The van der Waals surface area contributed by atoms with Crippen LogP contribution in [0.3, 0.4) is 0 Å². The van der Waals surface area contributed by atoms with Gasteiger partial charge in [-0.1, -0.05) is 31.8 Å². The molecule has 0 bridgehead atoms. The molecule has 1 aliphatic heterocycles. The van der Waals surface area contributed by atoms with Crippen molar-refractivity contribution in [2.24, 2.45) is 5.92 Å². The van der Waals surface area contributed by atoms with Crippen molar-refractivity contribution >= 4 is 16.9 Å². The standard InChI is InChI=1S/C25H25F2N3O3/c1-4-19-23-28-18-11-10-16(9-8-15(2)12-13-31)14-20(18)30(23)22-17(24(32)29(19)3)6-5-7-21(22)33-25(26)27/h5-7,10-11,14-15,19,25,31H,4,12-13H2,1-3H3. The van der Waals surface area contributed by atoms with E-state index < -0.39 is 6.61 Å². The largest absolute Gasteiger partial charge is 0.433 e. The Kier molecular flexibility index (Phi) is 6.34. The molecule has 33 heavy (non-hydrogen) atoms. The summed E-state index contributed by atoms with van der Waals surface area (Å²) in [5.74, 6) is 6.45. The average molecular weight is 453 g/mol. The van der Waals surface area contributed by atoms with E-state index in [4.69, 9.17) is 14.8 Å². The van der Waals surface area contributed by atoms with Crippen LogP contribution in [0.2, 0.25) is 0 Å². The minimum atomic E-state index is -3.04. The van der Waals surface area contributed by atoms with E-state index in [-0.39, 0.29) is 41.5 Å². The highest BCUT2D eigenvalue weighted by molar-refractivity contribution is 6.00. The lowest BCUT2D eigenvalue weighted by Crippen LogP contribution is -2.30. The lowest BCUT2D eigenvalue weighted by Gasteiger charge is -2.24. The van der Waals surface area contributed by atoms with Gasteiger partial charge in [-0.05, 0) is 43.2 Å². The maximum atomic E-state index is 13.3. The van der Waals surface area contributed by atoms with E-state index in [1.807, 2.05) is 32.0 Å². The molecule has 2 unspecified atom stereocenters. The minimum absolute atomic E-state index is 0.0239. The smallest absolute Gasteiger partial charge is 0.387 e. The molecule has 8 heteroatoms. The number of amides is 1. The number of carbonyl (C=O) groups is 1. The van der Waals surface area contributed by atoms with Gasteiger partial charge in [-0.15, -0.1) is 0 Å². The molecule has 0 fully saturated rings. The molecule has 0 aliphatic carbocycles. The van der Waals surface area contributed by atoms with Crippen molar-refractivity contribution in [3.8, 4) is 23.3 Å². The molecule has 1 aromatic heterocycles. The van der Waals surface area contributed by atoms with Gasteiger partial charge in [0.1, 0.15) is 11.5 Å². The van der Waals surface area contributed by atoms with Gasteiger partial charge in [-0.25, -0.2) is 4.98 Å². The van der Waals surface area contributed by atoms with Gasteiger partial charge in [0.25, 0.3) is 5.91 Å². The normalized spacial score (nSPS) is 16.2. The number of hydrogen-bond acceptors (Lipinski definition) is 4. The molecular formula is C25H25F2N3O3. The van der Waals surface area contributed by atoms with E-state index in [0.717, 1.165) is 5.56 Å². The third-order valence-corrected chi connectivity index (χ3v) is 5.85. The Labute approximate surface area is 190 Å². The summed E-state index contributed by atoms with van der Waals surface area (Å²) in [6.45, 7) is 0.908. The van der Waals surface area contributed by atoms with E-state index in [0.29, 0.717) is 29.7 Å². The maximum Gasteiger partial charge on any atom is 0.387 e. The summed E-state index contributed by atoms with van der Waals surface area (Å²) in [5.41, 5.74) is 2.56. The first-order chi connectivity index (χ1) is 15.8. The number of benzene rings is 2. The quantitative estimate of drug-likeness (QED) is 0.577. The number of rotatable bonds is 5. The molecule has 3 aromatic rings. The number of aliphatic hydroxyl groups is 1. The third-order valence-electron chi connectivity index (χ3n) is 5.85. The van der Waals surface area contributed by atoms with Crippen molar-refractivity contribution in [2.75, 3.05) is 13.7 Å². The maximum absolute atomic E-state index is 13.3. The molecule has 6 nitrogen and oxygen atoms in total. The van der Waals surface area contributed by atoms with Crippen LogP contribution in [0.1, 0.15) is 54.5 Å². The predicted molar refractivity (Wildman–Crippen MR) is 121 cm³/mol. The summed E-state index contributed by atoms with van der Waals surface area (Å²) in [7, 11) is 1.69. The number of imidazole rings is 1.